The average molecular weight is 322 g/mol. The van der Waals surface area contributed by atoms with Crippen LogP contribution in [0.1, 0.15) is 40.5 Å². The van der Waals surface area contributed by atoms with E-state index >= 15 is 0 Å². The van der Waals surface area contributed by atoms with Crippen molar-refractivity contribution in [1.82, 2.24) is 0 Å². The fraction of sp³-hybridized carbons (Fsp3) is 0.667. The van der Waals surface area contributed by atoms with Crippen LogP contribution in [-0.2, 0) is 4.74 Å². The molecule has 1 aliphatic heterocycles. The number of nitrogen functional groups attached to an aromatic ring is 1. The molecule has 5 heteroatoms. The molecule has 0 saturated carbocycles. The van der Waals surface area contributed by atoms with E-state index < -0.39 is 0 Å². The van der Waals surface area contributed by atoms with Gasteiger partial charge in [0.05, 0.1) is 36.8 Å². The fourth-order valence-corrected chi connectivity index (χ4v) is 2.41. The van der Waals surface area contributed by atoms with Gasteiger partial charge in [-0.1, -0.05) is 13.8 Å². The number of hydrogen-bond donors (Lipinski definition) is 1. The van der Waals surface area contributed by atoms with Crippen molar-refractivity contribution in [3.63, 3.8) is 0 Å². The van der Waals surface area contributed by atoms with Gasteiger partial charge in [0.1, 0.15) is 11.5 Å². The Morgan fingerprint density at radius 3 is 2.17 bits per heavy atom. The van der Waals surface area contributed by atoms with Crippen molar-refractivity contribution in [3.05, 3.63) is 12.1 Å². The molecule has 1 heterocycles. The first kappa shape index (κ1) is 17.7. The Bertz CT molecular complexity index is 501. The number of anilines is 2. The van der Waals surface area contributed by atoms with Gasteiger partial charge in [0.2, 0.25) is 0 Å². The highest BCUT2D eigenvalue weighted by atomic mass is 16.5. The highest BCUT2D eigenvalue weighted by molar-refractivity contribution is 5.70. The number of morpholine rings is 1. The molecule has 0 spiro atoms. The molecule has 1 aliphatic rings. The molecule has 0 amide bonds. The quantitative estimate of drug-likeness (QED) is 0.779. The molecule has 0 aliphatic carbocycles. The van der Waals surface area contributed by atoms with Gasteiger partial charge in [-0.05, 0) is 26.7 Å². The van der Waals surface area contributed by atoms with Crippen LogP contribution in [0.3, 0.4) is 0 Å². The number of nitrogens with zero attached hydrogens (tertiary/aromatic N) is 1. The standard InChI is InChI=1S/C18H30N2O3/c1-5-13(3)22-17-12-16(20-7-9-21-10-8-20)18(11-15(17)19)23-14(4)6-2/h11-14H,5-10,19H2,1-4H3. The zero-order valence-corrected chi connectivity index (χ0v) is 14.8. The summed E-state index contributed by atoms with van der Waals surface area (Å²) in [5, 5.41) is 0. The molecule has 2 unspecified atom stereocenters. The molecule has 0 aromatic heterocycles. The molecular weight excluding hydrogens is 292 g/mol. The third kappa shape index (κ3) is 4.67. The second-order valence-corrected chi connectivity index (χ2v) is 6.13. The summed E-state index contributed by atoms with van der Waals surface area (Å²) in [6.45, 7) is 11.5. The Morgan fingerprint density at radius 1 is 1.04 bits per heavy atom. The second-order valence-electron chi connectivity index (χ2n) is 6.13. The minimum atomic E-state index is 0.135. The molecule has 23 heavy (non-hydrogen) atoms. The van der Waals surface area contributed by atoms with E-state index in [1.807, 2.05) is 12.1 Å². The zero-order chi connectivity index (χ0) is 16.8. The van der Waals surface area contributed by atoms with Crippen molar-refractivity contribution in [2.75, 3.05) is 36.9 Å². The summed E-state index contributed by atoms with van der Waals surface area (Å²) in [7, 11) is 0. The van der Waals surface area contributed by atoms with Gasteiger partial charge in [-0.2, -0.15) is 0 Å². The maximum Gasteiger partial charge on any atom is 0.145 e. The van der Waals surface area contributed by atoms with Crippen molar-refractivity contribution < 1.29 is 14.2 Å². The molecule has 0 bridgehead atoms. The van der Waals surface area contributed by atoms with Gasteiger partial charge in [0, 0.05) is 25.2 Å². The highest BCUT2D eigenvalue weighted by Gasteiger charge is 2.20. The van der Waals surface area contributed by atoms with Crippen molar-refractivity contribution in [1.29, 1.82) is 0 Å². The summed E-state index contributed by atoms with van der Waals surface area (Å²) in [4.78, 5) is 2.28. The van der Waals surface area contributed by atoms with E-state index in [-0.39, 0.29) is 12.2 Å². The molecule has 130 valence electrons. The molecule has 1 aromatic rings. The Morgan fingerprint density at radius 2 is 1.61 bits per heavy atom. The summed E-state index contributed by atoms with van der Waals surface area (Å²) in [5.74, 6) is 1.56. The molecule has 1 fully saturated rings. The van der Waals surface area contributed by atoms with E-state index in [1.165, 1.54) is 0 Å². The minimum Gasteiger partial charge on any atom is -0.488 e. The Kier molecular flexibility index (Phi) is 6.39. The molecule has 1 saturated heterocycles. The van der Waals surface area contributed by atoms with Crippen LogP contribution >= 0.6 is 0 Å². The zero-order valence-electron chi connectivity index (χ0n) is 14.8. The van der Waals surface area contributed by atoms with Crippen LogP contribution in [0.2, 0.25) is 0 Å². The van der Waals surface area contributed by atoms with Gasteiger partial charge in [-0.15, -0.1) is 0 Å². The van der Waals surface area contributed by atoms with Crippen LogP contribution in [0.4, 0.5) is 11.4 Å². The Balaban J connectivity index is 2.33. The van der Waals surface area contributed by atoms with E-state index in [0.29, 0.717) is 5.69 Å². The van der Waals surface area contributed by atoms with Crippen molar-refractivity contribution in [3.8, 4) is 11.5 Å². The molecule has 5 nitrogen and oxygen atoms in total. The lowest BCUT2D eigenvalue weighted by atomic mass is 10.2. The van der Waals surface area contributed by atoms with Crippen molar-refractivity contribution in [2.45, 2.75) is 52.7 Å². The molecule has 2 N–H and O–H groups in total. The molecule has 1 aromatic carbocycles. The topological polar surface area (TPSA) is 57.0 Å². The summed E-state index contributed by atoms with van der Waals surface area (Å²) < 4.78 is 17.5. The lowest BCUT2D eigenvalue weighted by Crippen LogP contribution is -2.36. The fourth-order valence-electron chi connectivity index (χ4n) is 2.41. The second kappa shape index (κ2) is 8.29. The monoisotopic (exact) mass is 322 g/mol. The third-order valence-corrected chi connectivity index (χ3v) is 4.25. The van der Waals surface area contributed by atoms with Crippen LogP contribution in [0.5, 0.6) is 11.5 Å². The van der Waals surface area contributed by atoms with Gasteiger partial charge in [-0.3, -0.25) is 0 Å². The van der Waals surface area contributed by atoms with Gasteiger partial charge in [0.15, 0.2) is 0 Å². The maximum absolute atomic E-state index is 6.19. The molecule has 2 rings (SSSR count). The van der Waals surface area contributed by atoms with E-state index in [0.717, 1.165) is 56.3 Å². The van der Waals surface area contributed by atoms with Gasteiger partial charge >= 0.3 is 0 Å². The van der Waals surface area contributed by atoms with Crippen LogP contribution in [-0.4, -0.2) is 38.5 Å². The number of hydrogen-bond acceptors (Lipinski definition) is 5. The number of rotatable bonds is 7. The predicted octanol–water partition coefficient (Wildman–Crippen LogP) is 3.46. The van der Waals surface area contributed by atoms with E-state index in [4.69, 9.17) is 19.9 Å². The van der Waals surface area contributed by atoms with E-state index in [1.54, 1.807) is 0 Å². The van der Waals surface area contributed by atoms with E-state index in [9.17, 15) is 0 Å². The highest BCUT2D eigenvalue weighted by Crippen LogP contribution is 2.38. The minimum absolute atomic E-state index is 0.135. The van der Waals surface area contributed by atoms with Crippen LogP contribution < -0.4 is 20.1 Å². The maximum atomic E-state index is 6.19. The van der Waals surface area contributed by atoms with Crippen molar-refractivity contribution in [2.24, 2.45) is 0 Å². The summed E-state index contributed by atoms with van der Waals surface area (Å²) in [5.41, 5.74) is 7.86. The molecule has 2 atom stereocenters. The summed E-state index contributed by atoms with van der Waals surface area (Å²) >= 11 is 0. The average Bonchev–Trinajstić information content (AvgIpc) is 2.57. The lowest BCUT2D eigenvalue weighted by Gasteiger charge is -2.31. The van der Waals surface area contributed by atoms with Crippen LogP contribution in [0.25, 0.3) is 0 Å². The largest absolute Gasteiger partial charge is 0.488 e. The van der Waals surface area contributed by atoms with Gasteiger partial charge in [0.25, 0.3) is 0 Å². The number of benzene rings is 1. The number of ether oxygens (including phenoxy) is 3. The third-order valence-electron chi connectivity index (χ3n) is 4.25. The Labute approximate surface area is 139 Å². The molecular formula is C18H30N2O3. The molecule has 0 radical (unpaired) electrons. The smallest absolute Gasteiger partial charge is 0.145 e. The first-order valence-corrected chi connectivity index (χ1v) is 8.64. The number of nitrogens with two attached hydrogens (primary N) is 1. The SMILES string of the molecule is CCC(C)Oc1cc(N2CCOCC2)c(OC(C)CC)cc1N. The predicted molar refractivity (Wildman–Crippen MR) is 94.6 cm³/mol. The van der Waals surface area contributed by atoms with E-state index in [2.05, 4.69) is 32.6 Å². The normalized spacial score (nSPS) is 17.7. The van der Waals surface area contributed by atoms with Crippen LogP contribution in [0, 0.1) is 0 Å². The summed E-state index contributed by atoms with van der Waals surface area (Å²) in [6.07, 6.45) is 2.18. The van der Waals surface area contributed by atoms with Crippen molar-refractivity contribution >= 4 is 11.4 Å². The first-order chi connectivity index (χ1) is 11.0. The van der Waals surface area contributed by atoms with Crippen LogP contribution in [0.15, 0.2) is 12.1 Å². The Hall–Kier alpha value is -1.62. The summed E-state index contributed by atoms with van der Waals surface area (Å²) in [6, 6.07) is 3.92. The lowest BCUT2D eigenvalue weighted by molar-refractivity contribution is 0.122. The van der Waals surface area contributed by atoms with Gasteiger partial charge < -0.3 is 24.8 Å². The first-order valence-electron chi connectivity index (χ1n) is 8.64. The van der Waals surface area contributed by atoms with Gasteiger partial charge in [-0.25, -0.2) is 0 Å².